The highest BCUT2D eigenvalue weighted by Gasteiger charge is 2.23. The third-order valence-electron chi connectivity index (χ3n) is 3.03. The molecule has 0 aromatic carbocycles. The van der Waals surface area contributed by atoms with E-state index in [1.807, 2.05) is 0 Å². The molecule has 2 atom stereocenters. The van der Waals surface area contributed by atoms with Gasteiger partial charge < -0.3 is 26.2 Å². The van der Waals surface area contributed by atoms with Crippen LogP contribution in [0.4, 0.5) is 5.82 Å². The van der Waals surface area contributed by atoms with Crippen LogP contribution in [0.1, 0.15) is 25.0 Å². The van der Waals surface area contributed by atoms with E-state index in [1.165, 1.54) is 13.3 Å². The summed E-state index contributed by atoms with van der Waals surface area (Å²) in [5, 5.41) is 23.2. The van der Waals surface area contributed by atoms with Crippen LogP contribution in [0.25, 0.3) is 11.0 Å². The number of aliphatic hydroxyl groups is 2. The van der Waals surface area contributed by atoms with Gasteiger partial charge in [0.25, 0.3) is 0 Å². The van der Waals surface area contributed by atoms with Crippen molar-refractivity contribution in [3.8, 4) is 0 Å². The van der Waals surface area contributed by atoms with Crippen LogP contribution in [0.15, 0.2) is 12.5 Å². The summed E-state index contributed by atoms with van der Waals surface area (Å²) >= 11 is 0. The zero-order valence-electron chi connectivity index (χ0n) is 11.0. The Morgan fingerprint density at radius 1 is 1.50 bits per heavy atom. The predicted molar refractivity (Wildman–Crippen MR) is 72.6 cm³/mol. The number of anilines is 1. The van der Waals surface area contributed by atoms with Gasteiger partial charge in [0, 0.05) is 25.2 Å². The number of rotatable bonds is 5. The number of nitrogens with zero attached hydrogens (tertiary/aromatic N) is 2. The molecule has 2 unspecified atom stereocenters. The molecule has 0 saturated carbocycles. The van der Waals surface area contributed by atoms with Gasteiger partial charge in [-0.25, -0.2) is 9.97 Å². The first kappa shape index (κ1) is 14.2. The van der Waals surface area contributed by atoms with Gasteiger partial charge in [-0.05, 0) is 6.42 Å². The van der Waals surface area contributed by atoms with E-state index in [4.69, 9.17) is 5.73 Å². The molecule has 0 saturated heterocycles. The average molecular weight is 279 g/mol. The lowest BCUT2D eigenvalue weighted by Gasteiger charge is -2.17. The van der Waals surface area contributed by atoms with Crippen LogP contribution in [-0.2, 0) is 4.79 Å². The second-order valence-electron chi connectivity index (χ2n) is 4.51. The Hall–Kier alpha value is -2.19. The van der Waals surface area contributed by atoms with Gasteiger partial charge in [0.15, 0.2) is 0 Å². The highest BCUT2D eigenvalue weighted by atomic mass is 16.3. The van der Waals surface area contributed by atoms with Crippen LogP contribution in [0.2, 0.25) is 0 Å². The molecule has 0 spiro atoms. The number of aliphatic hydroxyl groups excluding tert-OH is 2. The average Bonchev–Trinajstić information content (AvgIpc) is 2.82. The minimum absolute atomic E-state index is 0.184. The summed E-state index contributed by atoms with van der Waals surface area (Å²) in [4.78, 5) is 21.5. The third-order valence-corrected chi connectivity index (χ3v) is 3.03. The van der Waals surface area contributed by atoms with Crippen LogP contribution >= 0.6 is 0 Å². The maximum Gasteiger partial charge on any atom is 0.216 e. The van der Waals surface area contributed by atoms with Gasteiger partial charge >= 0.3 is 0 Å². The number of amides is 1. The largest absolute Gasteiger partial charge is 0.390 e. The number of aromatic amines is 1. The maximum atomic E-state index is 10.7. The zero-order chi connectivity index (χ0) is 14.7. The first-order valence-corrected chi connectivity index (χ1v) is 6.18. The minimum atomic E-state index is -1.13. The maximum absolute atomic E-state index is 10.7. The molecule has 0 radical (unpaired) electrons. The molecule has 8 heteroatoms. The molecular weight excluding hydrogens is 262 g/mol. The molecule has 2 rings (SSSR count). The zero-order valence-corrected chi connectivity index (χ0v) is 11.0. The molecule has 1 amide bonds. The lowest BCUT2D eigenvalue weighted by Crippen LogP contribution is -2.27. The Balaban J connectivity index is 2.14. The Morgan fingerprint density at radius 3 is 2.95 bits per heavy atom. The van der Waals surface area contributed by atoms with Crippen molar-refractivity contribution in [2.75, 3.05) is 12.3 Å². The normalized spacial score (nSPS) is 14.2. The van der Waals surface area contributed by atoms with Crippen LogP contribution < -0.4 is 11.1 Å². The van der Waals surface area contributed by atoms with E-state index >= 15 is 0 Å². The number of carbonyl (C=O) groups is 1. The quantitative estimate of drug-likeness (QED) is 0.498. The molecule has 8 nitrogen and oxygen atoms in total. The lowest BCUT2D eigenvalue weighted by molar-refractivity contribution is -0.119. The molecule has 2 aromatic heterocycles. The molecule has 2 heterocycles. The van der Waals surface area contributed by atoms with Crippen molar-refractivity contribution in [2.24, 2.45) is 0 Å². The van der Waals surface area contributed by atoms with Crippen LogP contribution in [-0.4, -0.2) is 43.7 Å². The molecule has 0 aliphatic heterocycles. The highest BCUT2D eigenvalue weighted by molar-refractivity contribution is 5.89. The Bertz CT molecular complexity index is 612. The highest BCUT2D eigenvalue weighted by Crippen LogP contribution is 2.28. The summed E-state index contributed by atoms with van der Waals surface area (Å²) in [5.41, 5.74) is 6.70. The number of nitrogens with one attached hydrogen (secondary N) is 2. The first-order chi connectivity index (χ1) is 9.50. The summed E-state index contributed by atoms with van der Waals surface area (Å²) < 4.78 is 0. The number of hydrogen-bond acceptors (Lipinski definition) is 6. The van der Waals surface area contributed by atoms with E-state index in [1.54, 1.807) is 6.20 Å². The van der Waals surface area contributed by atoms with Gasteiger partial charge in [-0.3, -0.25) is 4.79 Å². The van der Waals surface area contributed by atoms with Crippen molar-refractivity contribution >= 4 is 22.8 Å². The van der Waals surface area contributed by atoms with Gasteiger partial charge in [0.05, 0.1) is 11.5 Å². The standard InChI is InChI=1S/C12H17N5O3/c1-6(18)14-3-2-8(19)10(20)7-4-15-12-9(7)11(13)16-5-17-12/h4-5,8,10,19-20H,2-3H2,1H3,(H,14,18)(H3,13,15,16,17). The summed E-state index contributed by atoms with van der Waals surface area (Å²) in [6.45, 7) is 1.67. The van der Waals surface area contributed by atoms with Crippen molar-refractivity contribution < 1.29 is 15.0 Å². The number of nitrogens with two attached hydrogens (primary N) is 1. The Labute approximate surface area is 115 Å². The lowest BCUT2D eigenvalue weighted by atomic mass is 10.0. The third kappa shape index (κ3) is 2.86. The van der Waals surface area contributed by atoms with Crippen molar-refractivity contribution in [3.05, 3.63) is 18.1 Å². The number of nitrogen functional groups attached to an aromatic ring is 1. The summed E-state index contributed by atoms with van der Waals surface area (Å²) in [7, 11) is 0. The fourth-order valence-electron chi connectivity index (χ4n) is 2.01. The van der Waals surface area contributed by atoms with Gasteiger partial charge in [-0.15, -0.1) is 0 Å². The molecule has 0 aliphatic carbocycles. The van der Waals surface area contributed by atoms with Crippen LogP contribution in [0.5, 0.6) is 0 Å². The van der Waals surface area contributed by atoms with Crippen LogP contribution in [0, 0.1) is 0 Å². The number of aromatic nitrogens is 3. The predicted octanol–water partition coefficient (Wildman–Crippen LogP) is -0.539. The molecular formula is C12H17N5O3. The van der Waals surface area contributed by atoms with Crippen molar-refractivity contribution in [3.63, 3.8) is 0 Å². The Morgan fingerprint density at radius 2 is 2.25 bits per heavy atom. The van der Waals surface area contributed by atoms with E-state index in [2.05, 4.69) is 20.3 Å². The van der Waals surface area contributed by atoms with Crippen molar-refractivity contribution in [2.45, 2.75) is 25.6 Å². The number of hydrogen-bond donors (Lipinski definition) is 5. The second-order valence-corrected chi connectivity index (χ2v) is 4.51. The summed E-state index contributed by atoms with van der Waals surface area (Å²) in [6.07, 6.45) is 0.923. The fraction of sp³-hybridized carbons (Fsp3) is 0.417. The second kappa shape index (κ2) is 5.85. The van der Waals surface area contributed by atoms with E-state index in [9.17, 15) is 15.0 Å². The van der Waals surface area contributed by atoms with Gasteiger partial charge in [-0.1, -0.05) is 0 Å². The molecule has 0 fully saturated rings. The topological polar surface area (TPSA) is 137 Å². The van der Waals surface area contributed by atoms with Crippen molar-refractivity contribution in [1.82, 2.24) is 20.3 Å². The SMILES string of the molecule is CC(=O)NCCC(O)C(O)c1c[nH]c2ncnc(N)c12. The smallest absolute Gasteiger partial charge is 0.216 e. The minimum Gasteiger partial charge on any atom is -0.390 e. The molecule has 108 valence electrons. The molecule has 0 aliphatic rings. The summed E-state index contributed by atoms with van der Waals surface area (Å²) in [5.74, 6) is 0.0517. The monoisotopic (exact) mass is 279 g/mol. The summed E-state index contributed by atoms with van der Waals surface area (Å²) in [6, 6.07) is 0. The first-order valence-electron chi connectivity index (χ1n) is 6.18. The molecule has 0 bridgehead atoms. The van der Waals surface area contributed by atoms with Gasteiger partial charge in [0.1, 0.15) is 23.9 Å². The van der Waals surface area contributed by atoms with E-state index in [0.29, 0.717) is 16.6 Å². The van der Waals surface area contributed by atoms with E-state index in [0.717, 1.165) is 0 Å². The molecule has 2 aromatic rings. The van der Waals surface area contributed by atoms with Crippen molar-refractivity contribution in [1.29, 1.82) is 0 Å². The number of carbonyl (C=O) groups excluding carboxylic acids is 1. The molecule has 6 N–H and O–H groups in total. The number of H-pyrrole nitrogens is 1. The number of fused-ring (bicyclic) bond motifs is 1. The Kier molecular flexibility index (Phi) is 4.16. The molecule has 20 heavy (non-hydrogen) atoms. The van der Waals surface area contributed by atoms with Gasteiger partial charge in [0.2, 0.25) is 5.91 Å². The fourth-order valence-corrected chi connectivity index (χ4v) is 2.01. The van der Waals surface area contributed by atoms with E-state index < -0.39 is 12.2 Å². The van der Waals surface area contributed by atoms with Gasteiger partial charge in [-0.2, -0.15) is 0 Å². The van der Waals surface area contributed by atoms with E-state index in [-0.39, 0.29) is 24.7 Å². The van der Waals surface area contributed by atoms with Crippen LogP contribution in [0.3, 0.4) is 0 Å².